The van der Waals surface area contributed by atoms with Crippen molar-refractivity contribution in [1.82, 2.24) is 5.32 Å². The number of anilines is 1. The second-order valence-electron chi connectivity index (χ2n) is 7.15. The molecule has 28 heavy (non-hydrogen) atoms. The number of nitrogens with one attached hydrogen (secondary N) is 1. The van der Waals surface area contributed by atoms with Crippen molar-refractivity contribution < 1.29 is 13.2 Å². The quantitative estimate of drug-likeness (QED) is 0.722. The van der Waals surface area contributed by atoms with Gasteiger partial charge in [0.15, 0.2) is 0 Å². The molecule has 2 aromatic rings. The Bertz CT molecular complexity index is 911. The number of aryl methyl sites for hydroxylation is 2. The summed E-state index contributed by atoms with van der Waals surface area (Å²) in [5, 5.41) is 3.07. The second kappa shape index (κ2) is 9.24. The summed E-state index contributed by atoms with van der Waals surface area (Å²) in [5.74, 6) is -0.288. The Morgan fingerprint density at radius 2 is 1.68 bits per heavy atom. The fourth-order valence-corrected chi connectivity index (χ4v) is 4.73. The molecular weight excluding hydrogens is 372 g/mol. The van der Waals surface area contributed by atoms with Crippen molar-refractivity contribution in [3.8, 4) is 0 Å². The van der Waals surface area contributed by atoms with Crippen LogP contribution in [0.2, 0.25) is 0 Å². The summed E-state index contributed by atoms with van der Waals surface area (Å²) in [4.78, 5) is 13.1. The lowest BCUT2D eigenvalue weighted by atomic mass is 9.97. The predicted octanol–water partition coefficient (Wildman–Crippen LogP) is 4.12. The average molecular weight is 403 g/mol. The highest BCUT2D eigenvalue weighted by Crippen LogP contribution is 2.25. The molecule has 2 aromatic carbocycles. The molecular formula is C22H30N2O3S. The van der Waals surface area contributed by atoms with Crippen LogP contribution < -0.4 is 9.62 Å². The summed E-state index contributed by atoms with van der Waals surface area (Å²) in [6.45, 7) is 7.90. The number of carbonyl (C=O) groups excluding carboxylic acids is 1. The van der Waals surface area contributed by atoms with Crippen LogP contribution in [-0.2, 0) is 14.8 Å². The molecule has 0 aliphatic rings. The molecule has 0 aliphatic carbocycles. The molecule has 0 unspecified atom stereocenters. The first-order valence-electron chi connectivity index (χ1n) is 9.61. The maximum absolute atomic E-state index is 13.1. The van der Waals surface area contributed by atoms with E-state index >= 15 is 0 Å². The molecule has 5 nitrogen and oxygen atoms in total. The van der Waals surface area contributed by atoms with Gasteiger partial charge in [0.1, 0.15) is 6.04 Å². The van der Waals surface area contributed by atoms with Crippen molar-refractivity contribution in [1.29, 1.82) is 0 Å². The molecule has 2 atom stereocenters. The first-order chi connectivity index (χ1) is 13.2. The lowest BCUT2D eigenvalue weighted by Gasteiger charge is -2.31. The maximum atomic E-state index is 13.1. The van der Waals surface area contributed by atoms with Crippen molar-refractivity contribution in [3.05, 3.63) is 65.2 Å². The van der Waals surface area contributed by atoms with Crippen LogP contribution in [0.5, 0.6) is 0 Å². The van der Waals surface area contributed by atoms with Crippen LogP contribution in [0.4, 0.5) is 5.69 Å². The Balaban J connectivity index is 2.34. The highest BCUT2D eigenvalue weighted by atomic mass is 32.2. The van der Waals surface area contributed by atoms with Crippen molar-refractivity contribution in [3.63, 3.8) is 0 Å². The molecule has 0 saturated carbocycles. The van der Waals surface area contributed by atoms with Crippen LogP contribution in [0, 0.1) is 13.8 Å². The van der Waals surface area contributed by atoms with Gasteiger partial charge in [0.05, 0.1) is 18.0 Å². The summed E-state index contributed by atoms with van der Waals surface area (Å²) in [6.07, 6.45) is 2.23. The minimum Gasteiger partial charge on any atom is -0.347 e. The molecule has 1 amide bonds. The van der Waals surface area contributed by atoms with Crippen molar-refractivity contribution in [2.75, 3.05) is 10.6 Å². The number of benzene rings is 2. The van der Waals surface area contributed by atoms with E-state index in [1.807, 2.05) is 45.9 Å². The van der Waals surface area contributed by atoms with Crippen molar-refractivity contribution in [2.24, 2.45) is 0 Å². The molecule has 152 valence electrons. The van der Waals surface area contributed by atoms with Crippen LogP contribution in [0.3, 0.4) is 0 Å². The van der Waals surface area contributed by atoms with Crippen LogP contribution in [0.15, 0.2) is 48.5 Å². The summed E-state index contributed by atoms with van der Waals surface area (Å²) in [7, 11) is -3.62. The van der Waals surface area contributed by atoms with Crippen molar-refractivity contribution in [2.45, 2.75) is 52.6 Å². The van der Waals surface area contributed by atoms with Gasteiger partial charge in [-0.2, -0.15) is 0 Å². The van der Waals surface area contributed by atoms with Gasteiger partial charge in [0.2, 0.25) is 15.9 Å². The summed E-state index contributed by atoms with van der Waals surface area (Å²) >= 11 is 0. The van der Waals surface area contributed by atoms with Gasteiger partial charge < -0.3 is 5.32 Å². The lowest BCUT2D eigenvalue weighted by molar-refractivity contribution is -0.123. The number of hydrogen-bond acceptors (Lipinski definition) is 3. The second-order valence-corrected chi connectivity index (χ2v) is 9.01. The molecule has 0 fully saturated rings. The van der Waals surface area contributed by atoms with E-state index in [1.165, 1.54) is 9.87 Å². The zero-order valence-corrected chi connectivity index (χ0v) is 18.1. The van der Waals surface area contributed by atoms with E-state index in [0.29, 0.717) is 12.1 Å². The van der Waals surface area contributed by atoms with E-state index in [0.717, 1.165) is 23.8 Å². The third-order valence-electron chi connectivity index (χ3n) is 4.87. The fraction of sp³-hybridized carbons (Fsp3) is 0.409. The zero-order chi connectivity index (χ0) is 20.9. The van der Waals surface area contributed by atoms with Gasteiger partial charge in [0, 0.05) is 0 Å². The normalized spacial score (nSPS) is 13.6. The molecule has 1 N–H and O–H groups in total. The van der Waals surface area contributed by atoms with E-state index < -0.39 is 16.1 Å². The zero-order valence-electron chi connectivity index (χ0n) is 17.3. The van der Waals surface area contributed by atoms with Crippen LogP contribution in [0.25, 0.3) is 0 Å². The molecule has 0 bridgehead atoms. The molecule has 0 radical (unpaired) electrons. The average Bonchev–Trinajstić information content (AvgIpc) is 2.64. The Hall–Kier alpha value is -2.34. The number of carbonyl (C=O) groups is 1. The smallest absolute Gasteiger partial charge is 0.244 e. The third kappa shape index (κ3) is 5.13. The first-order valence-corrected chi connectivity index (χ1v) is 11.5. The highest BCUT2D eigenvalue weighted by molar-refractivity contribution is 7.92. The van der Waals surface area contributed by atoms with E-state index in [9.17, 15) is 13.2 Å². The monoisotopic (exact) mass is 402 g/mol. The highest BCUT2D eigenvalue weighted by Gasteiger charge is 2.32. The number of nitrogens with zero attached hydrogens (tertiary/aromatic N) is 1. The summed E-state index contributed by atoms with van der Waals surface area (Å²) in [5.41, 5.74) is 3.83. The topological polar surface area (TPSA) is 66.5 Å². The number of amides is 1. The number of hydrogen-bond donors (Lipinski definition) is 1. The van der Waals surface area contributed by atoms with Gasteiger partial charge in [-0.25, -0.2) is 8.42 Å². The minimum atomic E-state index is -3.62. The maximum Gasteiger partial charge on any atom is 0.244 e. The van der Waals surface area contributed by atoms with Gasteiger partial charge in [-0.1, -0.05) is 55.8 Å². The van der Waals surface area contributed by atoms with Crippen molar-refractivity contribution >= 4 is 21.6 Å². The van der Waals surface area contributed by atoms with E-state index in [4.69, 9.17) is 0 Å². The molecule has 0 saturated heterocycles. The van der Waals surface area contributed by atoms with Gasteiger partial charge >= 0.3 is 0 Å². The standard InChI is InChI=1S/C22H30N2O3S/c1-6-20(19-14-13-16(3)15-17(19)4)23-22(25)21(7-2)24(28(5,26)27)18-11-9-8-10-12-18/h8-15,20-21H,6-7H2,1-5H3,(H,23,25)/t20-,21-/m1/s1. The minimum absolute atomic E-state index is 0.167. The first kappa shape index (κ1) is 22.0. The number of sulfonamides is 1. The van der Waals surface area contributed by atoms with E-state index in [2.05, 4.69) is 11.4 Å². The lowest BCUT2D eigenvalue weighted by Crippen LogP contribution is -2.50. The van der Waals surface area contributed by atoms with Gasteiger partial charge in [0.25, 0.3) is 0 Å². The third-order valence-corrected chi connectivity index (χ3v) is 6.05. The summed E-state index contributed by atoms with van der Waals surface area (Å²) < 4.78 is 26.2. The Labute approximate surface area is 168 Å². The van der Waals surface area contributed by atoms with E-state index in [1.54, 1.807) is 24.3 Å². The molecule has 0 aliphatic heterocycles. The fourth-order valence-electron chi connectivity index (χ4n) is 3.52. The van der Waals surface area contributed by atoms with Crippen LogP contribution >= 0.6 is 0 Å². The summed E-state index contributed by atoms with van der Waals surface area (Å²) in [6, 6.07) is 13.9. The number of para-hydroxylation sites is 1. The molecule has 6 heteroatoms. The Morgan fingerprint density at radius 3 is 2.18 bits per heavy atom. The molecule has 0 aromatic heterocycles. The van der Waals surface area contributed by atoms with E-state index in [-0.39, 0.29) is 11.9 Å². The SMILES string of the molecule is CC[C@H](C(=O)N[C@H](CC)c1ccc(C)cc1C)N(c1ccccc1)S(C)(=O)=O. The molecule has 0 spiro atoms. The van der Waals surface area contributed by atoms with Crippen LogP contribution in [-0.4, -0.2) is 26.6 Å². The molecule has 0 heterocycles. The Morgan fingerprint density at radius 1 is 1.04 bits per heavy atom. The van der Waals surface area contributed by atoms with Gasteiger partial charge in [-0.3, -0.25) is 9.10 Å². The predicted molar refractivity (Wildman–Crippen MR) is 115 cm³/mol. The van der Waals surface area contributed by atoms with Gasteiger partial charge in [-0.05, 0) is 49.9 Å². The number of rotatable bonds is 8. The van der Waals surface area contributed by atoms with Gasteiger partial charge in [-0.15, -0.1) is 0 Å². The largest absolute Gasteiger partial charge is 0.347 e. The van der Waals surface area contributed by atoms with Crippen LogP contribution in [0.1, 0.15) is 49.4 Å². The Kier molecular flexibility index (Phi) is 7.24. The molecule has 2 rings (SSSR count).